The van der Waals surface area contributed by atoms with Gasteiger partial charge in [0.25, 0.3) is 0 Å². The summed E-state index contributed by atoms with van der Waals surface area (Å²) in [7, 11) is 0. The van der Waals surface area contributed by atoms with Crippen LogP contribution in [0.5, 0.6) is 0 Å². The Morgan fingerprint density at radius 3 is 2.85 bits per heavy atom. The quantitative estimate of drug-likeness (QED) is 0.562. The van der Waals surface area contributed by atoms with E-state index in [0.717, 1.165) is 68.0 Å². The zero-order valence-electron chi connectivity index (χ0n) is 16.4. The fourth-order valence-electron chi connectivity index (χ4n) is 3.77. The van der Waals surface area contributed by atoms with Gasteiger partial charge in [0.1, 0.15) is 23.7 Å². The van der Waals surface area contributed by atoms with Crippen LogP contribution in [0.1, 0.15) is 30.7 Å². The molecule has 8 heteroatoms. The zero-order valence-corrected chi connectivity index (χ0v) is 18.0. The molecule has 4 heterocycles. The number of nitrogens with zero attached hydrogens (tertiary/aromatic N) is 2. The van der Waals surface area contributed by atoms with E-state index in [0.29, 0.717) is 6.61 Å². The van der Waals surface area contributed by atoms with Crippen LogP contribution in [0, 0.1) is 0 Å². The maximum Gasteiger partial charge on any atom is 0.190 e. The molecule has 6 nitrogen and oxygen atoms in total. The lowest BCUT2D eigenvalue weighted by Gasteiger charge is -2.33. The summed E-state index contributed by atoms with van der Waals surface area (Å²) in [5.41, 5.74) is 1.30. The lowest BCUT2D eigenvalue weighted by Crippen LogP contribution is -3.14. The summed E-state index contributed by atoms with van der Waals surface area (Å²) in [5, 5.41) is 5.68. The number of anilines is 1. The molecule has 2 aliphatic heterocycles. The van der Waals surface area contributed by atoms with Crippen molar-refractivity contribution in [2.75, 3.05) is 51.0 Å². The Labute approximate surface area is 169 Å². The molecule has 0 aliphatic carbocycles. The monoisotopic (exact) mass is 409 g/mol. The number of quaternary nitrogens is 1. The van der Waals surface area contributed by atoms with Crippen molar-refractivity contribution in [3.05, 3.63) is 10.4 Å². The summed E-state index contributed by atoms with van der Waals surface area (Å²) in [6, 6.07) is 0. The molecule has 0 radical (unpaired) electrons. The molecular weight excluding hydrogens is 380 g/mol. The van der Waals surface area contributed by atoms with Crippen molar-refractivity contribution in [3.8, 4) is 0 Å². The van der Waals surface area contributed by atoms with Crippen molar-refractivity contribution in [1.29, 1.82) is 0 Å². The summed E-state index contributed by atoms with van der Waals surface area (Å²) >= 11 is 3.37. The number of hydrogen-bond donors (Lipinski definition) is 2. The van der Waals surface area contributed by atoms with Crippen molar-refractivity contribution in [3.63, 3.8) is 0 Å². The Morgan fingerprint density at radius 2 is 2.11 bits per heavy atom. The van der Waals surface area contributed by atoms with Gasteiger partial charge in [-0.2, -0.15) is 0 Å². The number of morpholine rings is 1. The van der Waals surface area contributed by atoms with E-state index < -0.39 is 0 Å². The topological polar surface area (TPSA) is 60.7 Å². The lowest BCUT2D eigenvalue weighted by atomic mass is 9.90. The molecule has 148 valence electrons. The summed E-state index contributed by atoms with van der Waals surface area (Å²) in [5.74, 6) is 0.995. The minimum atomic E-state index is -0.0889. The van der Waals surface area contributed by atoms with Gasteiger partial charge in [-0.25, -0.2) is 9.97 Å². The minimum Gasteiger partial charge on any atom is -0.370 e. The maximum atomic E-state index is 6.15. The van der Waals surface area contributed by atoms with E-state index in [9.17, 15) is 0 Å². The van der Waals surface area contributed by atoms with Gasteiger partial charge >= 0.3 is 0 Å². The molecule has 1 fully saturated rings. The van der Waals surface area contributed by atoms with Crippen LogP contribution in [0.25, 0.3) is 10.2 Å². The largest absolute Gasteiger partial charge is 0.370 e. The number of hydrogen-bond acceptors (Lipinski definition) is 7. The van der Waals surface area contributed by atoms with Crippen molar-refractivity contribution >= 4 is 39.1 Å². The highest BCUT2D eigenvalue weighted by atomic mass is 32.2. The molecule has 0 aromatic carbocycles. The van der Waals surface area contributed by atoms with Gasteiger partial charge in [0.15, 0.2) is 5.16 Å². The number of aromatic nitrogens is 2. The second kappa shape index (κ2) is 8.21. The number of ether oxygens (including phenoxy) is 2. The fourth-order valence-corrected chi connectivity index (χ4v) is 5.29. The average Bonchev–Trinajstić information content (AvgIpc) is 3.06. The van der Waals surface area contributed by atoms with Crippen LogP contribution in [-0.2, 0) is 22.5 Å². The predicted octanol–water partition coefficient (Wildman–Crippen LogP) is 1.98. The molecule has 0 bridgehead atoms. The van der Waals surface area contributed by atoms with E-state index in [4.69, 9.17) is 19.4 Å². The van der Waals surface area contributed by atoms with Gasteiger partial charge in [0, 0.05) is 11.3 Å². The van der Waals surface area contributed by atoms with E-state index in [-0.39, 0.29) is 5.60 Å². The van der Waals surface area contributed by atoms with Gasteiger partial charge in [-0.15, -0.1) is 11.3 Å². The highest BCUT2D eigenvalue weighted by Gasteiger charge is 2.33. The molecule has 1 atom stereocenters. The van der Waals surface area contributed by atoms with Gasteiger partial charge in [-0.3, -0.25) is 0 Å². The number of fused-ring (bicyclic) bond motifs is 3. The standard InChI is InChI=1S/C19H28N4O2S2/c1-4-19(2)11-13-14(12-25-19)27-17-15(13)16(21-18(22-17)26-3)20-5-6-23-7-9-24-10-8-23/h4-12H2,1-3H3,(H,20,21,22)/p+1/t19-/m0/s1. The van der Waals surface area contributed by atoms with Gasteiger partial charge in [-0.1, -0.05) is 18.7 Å². The molecule has 0 unspecified atom stereocenters. The molecule has 2 N–H and O–H groups in total. The first-order chi connectivity index (χ1) is 13.1. The SMILES string of the molecule is CC[C@@]1(C)Cc2c(sc3nc(SC)nc(NCC[NH+]4CCOCC4)c23)CO1. The molecule has 27 heavy (non-hydrogen) atoms. The van der Waals surface area contributed by atoms with Crippen molar-refractivity contribution < 1.29 is 14.4 Å². The normalized spacial score (nSPS) is 23.5. The third kappa shape index (κ3) is 4.10. The number of nitrogens with one attached hydrogen (secondary N) is 2. The number of thiophene rings is 1. The first-order valence-corrected chi connectivity index (χ1v) is 11.8. The maximum absolute atomic E-state index is 6.15. The Bertz CT molecular complexity index is 807. The molecule has 0 amide bonds. The van der Waals surface area contributed by atoms with Crippen molar-refractivity contribution in [2.24, 2.45) is 0 Å². The van der Waals surface area contributed by atoms with Gasteiger partial charge in [0.2, 0.25) is 0 Å². The van der Waals surface area contributed by atoms with Crippen LogP contribution in [0.4, 0.5) is 5.82 Å². The Morgan fingerprint density at radius 1 is 1.30 bits per heavy atom. The van der Waals surface area contributed by atoms with Crippen LogP contribution in [0.2, 0.25) is 0 Å². The second-order valence-electron chi connectivity index (χ2n) is 7.55. The van der Waals surface area contributed by atoms with E-state index >= 15 is 0 Å². The highest BCUT2D eigenvalue weighted by molar-refractivity contribution is 7.98. The van der Waals surface area contributed by atoms with Gasteiger partial charge < -0.3 is 19.7 Å². The fraction of sp³-hybridized carbons (Fsp3) is 0.684. The zero-order chi connectivity index (χ0) is 18.9. The van der Waals surface area contributed by atoms with Crippen molar-refractivity contribution in [2.45, 2.75) is 44.1 Å². The van der Waals surface area contributed by atoms with E-state index in [2.05, 4.69) is 19.2 Å². The van der Waals surface area contributed by atoms with Gasteiger partial charge in [0.05, 0.1) is 43.9 Å². The first-order valence-electron chi connectivity index (χ1n) is 9.77. The molecule has 2 aromatic heterocycles. The molecule has 2 aliphatic rings. The third-order valence-electron chi connectivity index (χ3n) is 5.72. The minimum absolute atomic E-state index is 0.0889. The molecule has 0 spiro atoms. The first kappa shape index (κ1) is 19.4. The second-order valence-corrected chi connectivity index (χ2v) is 9.41. The summed E-state index contributed by atoms with van der Waals surface area (Å²) in [6.45, 7) is 11.0. The van der Waals surface area contributed by atoms with Crippen LogP contribution < -0.4 is 10.2 Å². The van der Waals surface area contributed by atoms with Crippen LogP contribution >= 0.6 is 23.1 Å². The summed E-state index contributed by atoms with van der Waals surface area (Å²) in [6.07, 6.45) is 3.98. The summed E-state index contributed by atoms with van der Waals surface area (Å²) < 4.78 is 11.6. The average molecular weight is 410 g/mol. The van der Waals surface area contributed by atoms with E-state index in [1.807, 2.05) is 6.26 Å². The Kier molecular flexibility index (Phi) is 5.89. The van der Waals surface area contributed by atoms with Gasteiger partial charge in [-0.05, 0) is 25.2 Å². The van der Waals surface area contributed by atoms with E-state index in [1.54, 1.807) is 28.0 Å². The molecule has 0 saturated carbocycles. The Balaban J connectivity index is 1.61. The number of rotatable bonds is 6. The summed E-state index contributed by atoms with van der Waals surface area (Å²) in [4.78, 5) is 13.6. The predicted molar refractivity (Wildman–Crippen MR) is 111 cm³/mol. The smallest absolute Gasteiger partial charge is 0.190 e. The van der Waals surface area contributed by atoms with E-state index in [1.165, 1.54) is 15.8 Å². The lowest BCUT2D eigenvalue weighted by molar-refractivity contribution is -0.906. The molecule has 2 aromatic rings. The molecular formula is C19H29N4O2S2+. The number of thioether (sulfide) groups is 1. The van der Waals surface area contributed by atoms with Crippen LogP contribution in [0.3, 0.4) is 0 Å². The third-order valence-corrected chi connectivity index (χ3v) is 7.36. The Hall–Kier alpha value is -0.930. The molecule has 1 saturated heterocycles. The van der Waals surface area contributed by atoms with Crippen LogP contribution in [-0.4, -0.2) is 61.2 Å². The van der Waals surface area contributed by atoms with Crippen LogP contribution in [0.15, 0.2) is 5.16 Å². The molecule has 4 rings (SSSR count). The highest BCUT2D eigenvalue weighted by Crippen LogP contribution is 2.42. The van der Waals surface area contributed by atoms with Crippen molar-refractivity contribution in [1.82, 2.24) is 9.97 Å².